The molecule has 0 saturated carbocycles. The van der Waals surface area contributed by atoms with Gasteiger partial charge in [0, 0.05) is 12.0 Å². The van der Waals surface area contributed by atoms with Crippen LogP contribution in [-0.2, 0) is 6.42 Å². The SMILES string of the molecule is C=C(F)Cc1ccc(-c2ncno2)cc1. The third-order valence-corrected chi connectivity index (χ3v) is 1.96. The van der Waals surface area contributed by atoms with Crippen LogP contribution in [0.25, 0.3) is 11.5 Å². The fourth-order valence-electron chi connectivity index (χ4n) is 1.29. The summed E-state index contributed by atoms with van der Waals surface area (Å²) in [7, 11) is 0. The van der Waals surface area contributed by atoms with Crippen molar-refractivity contribution in [3.05, 3.63) is 48.6 Å². The van der Waals surface area contributed by atoms with E-state index in [2.05, 4.69) is 16.7 Å². The highest BCUT2D eigenvalue weighted by atomic mass is 19.1. The van der Waals surface area contributed by atoms with Gasteiger partial charge in [-0.1, -0.05) is 23.9 Å². The Kier molecular flexibility index (Phi) is 2.58. The lowest BCUT2D eigenvalue weighted by Crippen LogP contribution is -1.84. The van der Waals surface area contributed by atoms with Gasteiger partial charge in [-0.15, -0.1) is 0 Å². The van der Waals surface area contributed by atoms with E-state index in [1.807, 2.05) is 24.3 Å². The third-order valence-electron chi connectivity index (χ3n) is 1.96. The monoisotopic (exact) mass is 204 g/mol. The van der Waals surface area contributed by atoms with E-state index in [9.17, 15) is 4.39 Å². The Morgan fingerprint density at radius 2 is 2.07 bits per heavy atom. The van der Waals surface area contributed by atoms with Gasteiger partial charge in [-0.2, -0.15) is 4.98 Å². The second kappa shape index (κ2) is 4.04. The van der Waals surface area contributed by atoms with Crippen LogP contribution in [0.4, 0.5) is 4.39 Å². The summed E-state index contributed by atoms with van der Waals surface area (Å²) in [6.07, 6.45) is 1.58. The van der Waals surface area contributed by atoms with E-state index in [0.29, 0.717) is 5.89 Å². The van der Waals surface area contributed by atoms with Gasteiger partial charge in [-0.25, -0.2) is 4.39 Å². The third kappa shape index (κ3) is 2.28. The van der Waals surface area contributed by atoms with Crippen LogP contribution in [-0.4, -0.2) is 10.1 Å². The van der Waals surface area contributed by atoms with Gasteiger partial charge in [-0.05, 0) is 17.7 Å². The van der Waals surface area contributed by atoms with Crippen molar-refractivity contribution >= 4 is 0 Å². The summed E-state index contributed by atoms with van der Waals surface area (Å²) in [6, 6.07) is 7.24. The summed E-state index contributed by atoms with van der Waals surface area (Å²) in [6.45, 7) is 3.22. The molecule has 76 valence electrons. The molecule has 0 N–H and O–H groups in total. The van der Waals surface area contributed by atoms with Gasteiger partial charge in [-0.3, -0.25) is 0 Å². The molecule has 0 amide bonds. The lowest BCUT2D eigenvalue weighted by Gasteiger charge is -1.99. The number of hydrogen-bond acceptors (Lipinski definition) is 3. The number of halogens is 1. The topological polar surface area (TPSA) is 38.9 Å². The largest absolute Gasteiger partial charge is 0.334 e. The van der Waals surface area contributed by atoms with Gasteiger partial charge in [0.05, 0.1) is 5.83 Å². The number of nitrogens with zero attached hydrogens (tertiary/aromatic N) is 2. The standard InChI is InChI=1S/C11H9FN2O/c1-8(12)6-9-2-4-10(5-3-9)11-13-7-14-15-11/h2-5,7H,1,6H2. The van der Waals surface area contributed by atoms with Gasteiger partial charge in [0.15, 0.2) is 6.33 Å². The maximum atomic E-state index is 12.5. The quantitative estimate of drug-likeness (QED) is 0.771. The van der Waals surface area contributed by atoms with E-state index in [4.69, 9.17) is 4.52 Å². The van der Waals surface area contributed by atoms with Crippen LogP contribution in [0.3, 0.4) is 0 Å². The predicted molar refractivity (Wildman–Crippen MR) is 53.7 cm³/mol. The normalized spacial score (nSPS) is 10.2. The van der Waals surface area contributed by atoms with Crippen LogP contribution in [0.1, 0.15) is 5.56 Å². The molecule has 4 heteroatoms. The van der Waals surface area contributed by atoms with Gasteiger partial charge in [0.2, 0.25) is 0 Å². The maximum Gasteiger partial charge on any atom is 0.257 e. The Morgan fingerprint density at radius 1 is 1.33 bits per heavy atom. The van der Waals surface area contributed by atoms with E-state index < -0.39 is 0 Å². The molecular weight excluding hydrogens is 195 g/mol. The van der Waals surface area contributed by atoms with Crippen LogP contribution in [0.5, 0.6) is 0 Å². The fourth-order valence-corrected chi connectivity index (χ4v) is 1.29. The van der Waals surface area contributed by atoms with Crippen molar-refractivity contribution in [2.45, 2.75) is 6.42 Å². The van der Waals surface area contributed by atoms with Gasteiger partial charge >= 0.3 is 0 Å². The van der Waals surface area contributed by atoms with Crippen LogP contribution < -0.4 is 0 Å². The van der Waals surface area contributed by atoms with Crippen molar-refractivity contribution in [3.63, 3.8) is 0 Å². The van der Waals surface area contributed by atoms with Crippen LogP contribution in [0, 0.1) is 0 Å². The van der Waals surface area contributed by atoms with Crippen molar-refractivity contribution in [1.82, 2.24) is 10.1 Å². The first kappa shape index (κ1) is 9.58. The molecule has 2 rings (SSSR count). The van der Waals surface area contributed by atoms with Crippen molar-refractivity contribution in [2.75, 3.05) is 0 Å². The number of aromatic nitrogens is 2. The summed E-state index contributed by atoms with van der Waals surface area (Å²) in [5.74, 6) is 0.112. The molecule has 0 bridgehead atoms. The summed E-state index contributed by atoms with van der Waals surface area (Å²) < 4.78 is 17.4. The number of allylic oxidation sites excluding steroid dienone is 1. The highest BCUT2D eigenvalue weighted by molar-refractivity contribution is 5.52. The molecule has 0 saturated heterocycles. The molecule has 2 aromatic rings. The number of hydrogen-bond donors (Lipinski definition) is 0. The minimum atomic E-state index is -0.347. The zero-order chi connectivity index (χ0) is 10.7. The Labute approximate surface area is 86.2 Å². The Bertz CT molecular complexity index is 448. The summed E-state index contributed by atoms with van der Waals surface area (Å²) in [4.78, 5) is 3.91. The average molecular weight is 204 g/mol. The molecule has 1 heterocycles. The second-order valence-electron chi connectivity index (χ2n) is 3.14. The van der Waals surface area contributed by atoms with Crippen LogP contribution in [0.15, 0.2) is 47.5 Å². The minimum Gasteiger partial charge on any atom is -0.334 e. The molecule has 0 spiro atoms. The van der Waals surface area contributed by atoms with Crippen molar-refractivity contribution < 1.29 is 8.91 Å². The first-order valence-corrected chi connectivity index (χ1v) is 4.45. The molecule has 15 heavy (non-hydrogen) atoms. The van der Waals surface area contributed by atoms with Gasteiger partial charge in [0.1, 0.15) is 0 Å². The molecule has 0 atom stereocenters. The van der Waals surface area contributed by atoms with Crippen molar-refractivity contribution in [1.29, 1.82) is 0 Å². The fraction of sp³-hybridized carbons (Fsp3) is 0.0909. The predicted octanol–water partition coefficient (Wildman–Crippen LogP) is 2.76. The molecule has 0 aliphatic rings. The maximum absolute atomic E-state index is 12.5. The van der Waals surface area contributed by atoms with Crippen LogP contribution in [0.2, 0.25) is 0 Å². The molecule has 1 aromatic carbocycles. The summed E-state index contributed by atoms with van der Waals surface area (Å²) in [5, 5.41) is 3.51. The van der Waals surface area contributed by atoms with Gasteiger partial charge in [0.25, 0.3) is 5.89 Å². The van der Waals surface area contributed by atoms with E-state index in [0.717, 1.165) is 11.1 Å². The van der Waals surface area contributed by atoms with Crippen molar-refractivity contribution in [2.24, 2.45) is 0 Å². The van der Waals surface area contributed by atoms with E-state index in [1.54, 1.807) is 0 Å². The Balaban J connectivity index is 2.21. The summed E-state index contributed by atoms with van der Waals surface area (Å²) in [5.41, 5.74) is 1.69. The molecule has 0 aliphatic carbocycles. The number of benzene rings is 1. The Morgan fingerprint density at radius 3 is 2.60 bits per heavy atom. The molecular formula is C11H9FN2O. The van der Waals surface area contributed by atoms with Gasteiger partial charge < -0.3 is 4.52 Å². The lowest BCUT2D eigenvalue weighted by atomic mass is 10.1. The molecule has 0 aliphatic heterocycles. The summed E-state index contributed by atoms with van der Waals surface area (Å²) >= 11 is 0. The highest BCUT2D eigenvalue weighted by Crippen LogP contribution is 2.17. The zero-order valence-electron chi connectivity index (χ0n) is 7.98. The van der Waals surface area contributed by atoms with E-state index in [1.165, 1.54) is 6.33 Å². The first-order valence-electron chi connectivity index (χ1n) is 4.45. The molecule has 3 nitrogen and oxygen atoms in total. The lowest BCUT2D eigenvalue weighted by molar-refractivity contribution is 0.430. The molecule has 0 unspecified atom stereocenters. The highest BCUT2D eigenvalue weighted by Gasteiger charge is 2.03. The molecule has 0 fully saturated rings. The zero-order valence-corrected chi connectivity index (χ0v) is 7.98. The van der Waals surface area contributed by atoms with Crippen LogP contribution >= 0.6 is 0 Å². The Hall–Kier alpha value is -1.97. The van der Waals surface area contributed by atoms with E-state index in [-0.39, 0.29) is 12.2 Å². The van der Waals surface area contributed by atoms with E-state index >= 15 is 0 Å². The smallest absolute Gasteiger partial charge is 0.257 e. The molecule has 0 radical (unpaired) electrons. The van der Waals surface area contributed by atoms with Crippen molar-refractivity contribution in [3.8, 4) is 11.5 Å². The first-order chi connectivity index (χ1) is 7.25. The number of rotatable bonds is 3. The average Bonchev–Trinajstić information content (AvgIpc) is 2.71. The minimum absolute atomic E-state index is 0.240. The second-order valence-corrected chi connectivity index (χ2v) is 3.14. The molecule has 1 aromatic heterocycles.